The van der Waals surface area contributed by atoms with Crippen molar-refractivity contribution in [3.05, 3.63) is 53.3 Å². The largest absolute Gasteiger partial charge is 0.492 e. The van der Waals surface area contributed by atoms with Crippen LogP contribution in [0.3, 0.4) is 0 Å². The van der Waals surface area contributed by atoms with Crippen LogP contribution in [-0.2, 0) is 0 Å². The smallest absolute Gasteiger partial charge is 0.138 e. The fourth-order valence-corrected chi connectivity index (χ4v) is 2.11. The number of pyridine rings is 1. The molecular formula is C16H19ClN2O. The van der Waals surface area contributed by atoms with Crippen molar-refractivity contribution in [3.8, 4) is 5.75 Å². The minimum atomic E-state index is 0.120. The number of aromatic nitrogens is 1. The van der Waals surface area contributed by atoms with Crippen LogP contribution in [0.5, 0.6) is 5.75 Å². The highest BCUT2D eigenvalue weighted by molar-refractivity contribution is 6.32. The first kappa shape index (κ1) is 14.7. The number of halogens is 1. The van der Waals surface area contributed by atoms with E-state index < -0.39 is 0 Å². The second-order valence-electron chi connectivity index (χ2n) is 4.61. The van der Waals surface area contributed by atoms with Crippen LogP contribution in [0, 0.1) is 0 Å². The van der Waals surface area contributed by atoms with Gasteiger partial charge in [-0.05, 0) is 43.7 Å². The second-order valence-corrected chi connectivity index (χ2v) is 5.02. The van der Waals surface area contributed by atoms with Crippen LogP contribution in [0.1, 0.15) is 32.0 Å². The third-order valence-corrected chi connectivity index (χ3v) is 3.20. The van der Waals surface area contributed by atoms with Gasteiger partial charge in [0.2, 0.25) is 0 Å². The van der Waals surface area contributed by atoms with Gasteiger partial charge in [-0.2, -0.15) is 0 Å². The average Bonchev–Trinajstić information content (AvgIpc) is 2.47. The topological polar surface area (TPSA) is 34.1 Å². The van der Waals surface area contributed by atoms with E-state index in [1.807, 2.05) is 36.4 Å². The molecule has 0 aliphatic heterocycles. The number of ether oxygens (including phenoxy) is 1. The third kappa shape index (κ3) is 3.87. The van der Waals surface area contributed by atoms with E-state index in [0.717, 1.165) is 23.6 Å². The fraction of sp³-hybridized carbons (Fsp3) is 0.312. The summed E-state index contributed by atoms with van der Waals surface area (Å²) < 4.78 is 5.56. The summed E-state index contributed by atoms with van der Waals surface area (Å²) in [5.41, 5.74) is 1.95. The van der Waals surface area contributed by atoms with Gasteiger partial charge in [-0.25, -0.2) is 0 Å². The second kappa shape index (κ2) is 7.15. The molecule has 2 aromatic rings. The lowest BCUT2D eigenvalue weighted by Crippen LogP contribution is -2.08. The zero-order valence-corrected chi connectivity index (χ0v) is 12.5. The Bertz CT molecular complexity index is 545. The Morgan fingerprint density at radius 3 is 2.80 bits per heavy atom. The lowest BCUT2D eigenvalue weighted by molar-refractivity contribution is 0.317. The molecule has 0 aliphatic carbocycles. The Kier molecular flexibility index (Phi) is 5.24. The van der Waals surface area contributed by atoms with Crippen molar-refractivity contribution in [1.29, 1.82) is 0 Å². The number of benzene rings is 1. The standard InChI is InChI=1S/C16H19ClN2O/c1-3-10-20-16-8-7-13(11-14(16)17)19-12(2)15-6-4-5-9-18-15/h4-9,11-12,19H,3,10H2,1-2H3. The van der Waals surface area contributed by atoms with Gasteiger partial charge in [-0.15, -0.1) is 0 Å². The highest BCUT2D eigenvalue weighted by Gasteiger charge is 2.08. The predicted molar refractivity (Wildman–Crippen MR) is 83.5 cm³/mol. The van der Waals surface area contributed by atoms with Gasteiger partial charge >= 0.3 is 0 Å². The molecule has 1 aromatic carbocycles. The first-order chi connectivity index (χ1) is 9.70. The predicted octanol–water partition coefficient (Wildman–Crippen LogP) is 4.70. The van der Waals surface area contributed by atoms with Crippen LogP contribution < -0.4 is 10.1 Å². The van der Waals surface area contributed by atoms with Crippen molar-refractivity contribution in [2.75, 3.05) is 11.9 Å². The van der Waals surface area contributed by atoms with Crippen molar-refractivity contribution in [1.82, 2.24) is 4.98 Å². The summed E-state index contributed by atoms with van der Waals surface area (Å²) in [6.45, 7) is 4.81. The first-order valence-corrected chi connectivity index (χ1v) is 7.18. The van der Waals surface area contributed by atoms with Crippen LogP contribution >= 0.6 is 11.6 Å². The molecule has 106 valence electrons. The Morgan fingerprint density at radius 2 is 2.15 bits per heavy atom. The zero-order valence-electron chi connectivity index (χ0n) is 11.8. The molecule has 1 atom stereocenters. The van der Waals surface area contributed by atoms with Gasteiger partial charge in [0.25, 0.3) is 0 Å². The highest BCUT2D eigenvalue weighted by atomic mass is 35.5. The molecule has 20 heavy (non-hydrogen) atoms. The summed E-state index contributed by atoms with van der Waals surface area (Å²) in [5.74, 6) is 0.726. The van der Waals surface area contributed by atoms with Crippen molar-refractivity contribution < 1.29 is 4.74 Å². The molecule has 0 radical (unpaired) electrons. The number of anilines is 1. The molecule has 0 aliphatic rings. The van der Waals surface area contributed by atoms with Gasteiger partial charge in [0, 0.05) is 11.9 Å². The molecule has 1 aromatic heterocycles. The molecule has 0 bridgehead atoms. The van der Waals surface area contributed by atoms with Crippen LogP contribution in [-0.4, -0.2) is 11.6 Å². The lowest BCUT2D eigenvalue weighted by atomic mass is 10.2. The number of hydrogen-bond acceptors (Lipinski definition) is 3. The lowest BCUT2D eigenvalue weighted by Gasteiger charge is -2.16. The molecule has 3 nitrogen and oxygen atoms in total. The molecule has 2 rings (SSSR count). The molecule has 0 spiro atoms. The summed E-state index contributed by atoms with van der Waals surface area (Å²) in [7, 11) is 0. The number of rotatable bonds is 6. The van der Waals surface area contributed by atoms with Crippen molar-refractivity contribution in [2.45, 2.75) is 26.3 Å². The SMILES string of the molecule is CCCOc1ccc(NC(C)c2ccccn2)cc1Cl. The number of nitrogens with zero attached hydrogens (tertiary/aromatic N) is 1. The average molecular weight is 291 g/mol. The summed E-state index contributed by atoms with van der Waals surface area (Å²) in [6.07, 6.45) is 2.76. The summed E-state index contributed by atoms with van der Waals surface area (Å²) >= 11 is 6.21. The van der Waals surface area contributed by atoms with E-state index in [2.05, 4.69) is 24.1 Å². The molecule has 0 fully saturated rings. The van der Waals surface area contributed by atoms with Crippen LogP contribution in [0.2, 0.25) is 5.02 Å². The van der Waals surface area contributed by atoms with E-state index >= 15 is 0 Å². The van der Waals surface area contributed by atoms with E-state index in [9.17, 15) is 0 Å². The molecule has 0 saturated heterocycles. The molecule has 0 amide bonds. The van der Waals surface area contributed by atoms with Gasteiger partial charge in [0.15, 0.2) is 0 Å². The van der Waals surface area contributed by atoms with E-state index in [1.54, 1.807) is 6.20 Å². The van der Waals surface area contributed by atoms with E-state index in [-0.39, 0.29) is 6.04 Å². The van der Waals surface area contributed by atoms with E-state index in [4.69, 9.17) is 16.3 Å². The third-order valence-electron chi connectivity index (χ3n) is 2.91. The maximum absolute atomic E-state index is 6.21. The van der Waals surface area contributed by atoms with E-state index in [0.29, 0.717) is 11.6 Å². The maximum atomic E-state index is 6.21. The van der Waals surface area contributed by atoms with Gasteiger partial charge in [0.1, 0.15) is 5.75 Å². The summed E-state index contributed by atoms with van der Waals surface area (Å²) in [6, 6.07) is 11.8. The normalized spacial score (nSPS) is 11.9. The quantitative estimate of drug-likeness (QED) is 0.837. The molecule has 1 unspecified atom stereocenters. The van der Waals surface area contributed by atoms with Crippen LogP contribution in [0.25, 0.3) is 0 Å². The minimum absolute atomic E-state index is 0.120. The van der Waals surface area contributed by atoms with Crippen molar-refractivity contribution >= 4 is 17.3 Å². The molecular weight excluding hydrogens is 272 g/mol. The van der Waals surface area contributed by atoms with Crippen LogP contribution in [0.15, 0.2) is 42.6 Å². The van der Waals surface area contributed by atoms with Crippen molar-refractivity contribution in [3.63, 3.8) is 0 Å². The number of hydrogen-bond donors (Lipinski definition) is 1. The maximum Gasteiger partial charge on any atom is 0.138 e. The summed E-state index contributed by atoms with van der Waals surface area (Å²) in [4.78, 5) is 4.34. The van der Waals surface area contributed by atoms with Crippen LogP contribution in [0.4, 0.5) is 5.69 Å². The molecule has 4 heteroatoms. The Morgan fingerprint density at radius 1 is 1.30 bits per heavy atom. The molecule has 1 N–H and O–H groups in total. The first-order valence-electron chi connectivity index (χ1n) is 6.80. The minimum Gasteiger partial charge on any atom is -0.492 e. The van der Waals surface area contributed by atoms with E-state index in [1.165, 1.54) is 0 Å². The molecule has 0 saturated carbocycles. The monoisotopic (exact) mass is 290 g/mol. The van der Waals surface area contributed by atoms with Gasteiger partial charge in [0.05, 0.1) is 23.4 Å². The Labute approximate surface area is 124 Å². The fourth-order valence-electron chi connectivity index (χ4n) is 1.88. The van der Waals surface area contributed by atoms with Gasteiger partial charge in [-0.1, -0.05) is 24.6 Å². The van der Waals surface area contributed by atoms with Gasteiger partial charge < -0.3 is 10.1 Å². The van der Waals surface area contributed by atoms with Crippen molar-refractivity contribution in [2.24, 2.45) is 0 Å². The Balaban J connectivity index is 2.05. The highest BCUT2D eigenvalue weighted by Crippen LogP contribution is 2.29. The zero-order chi connectivity index (χ0) is 14.4. The molecule has 1 heterocycles. The Hall–Kier alpha value is -1.74. The summed E-state index contributed by atoms with van der Waals surface area (Å²) in [5, 5.41) is 4.00. The van der Waals surface area contributed by atoms with Gasteiger partial charge in [-0.3, -0.25) is 4.98 Å². The number of nitrogens with one attached hydrogen (secondary N) is 1.